The van der Waals surface area contributed by atoms with Crippen LogP contribution in [-0.4, -0.2) is 20.0 Å². The molecule has 0 aromatic heterocycles. The van der Waals surface area contributed by atoms with Crippen LogP contribution in [0.4, 0.5) is 0 Å². The van der Waals surface area contributed by atoms with Gasteiger partial charge in [0.15, 0.2) is 0 Å². The normalized spacial score (nSPS) is 36.0. The molecule has 4 heteroatoms. The van der Waals surface area contributed by atoms with Crippen molar-refractivity contribution in [3.63, 3.8) is 0 Å². The lowest BCUT2D eigenvalue weighted by Crippen LogP contribution is -2.23. The summed E-state index contributed by atoms with van der Waals surface area (Å²) in [6.07, 6.45) is 0. The monoisotopic (exact) mass is 92.0 g/mol. The zero-order chi connectivity index (χ0) is 2.83. The van der Waals surface area contributed by atoms with Crippen LogP contribution in [0.2, 0.25) is 0 Å². The van der Waals surface area contributed by atoms with E-state index in [4.69, 9.17) is 8.23 Å². The maximum Gasteiger partial charge on any atom is 0.286 e. The predicted molar refractivity (Wildman–Crippen MR) is 19.3 cm³/mol. The maximum absolute atomic E-state index is 4.78. The molecule has 0 spiro atoms. The molecular formula is H4O2Si2. The van der Waals surface area contributed by atoms with Crippen molar-refractivity contribution in [2.45, 2.75) is 0 Å². The first-order valence-corrected chi connectivity index (χ1v) is 3.46. The first-order valence-electron chi connectivity index (χ1n) is 1.15. The molecule has 1 fully saturated rings. The van der Waals surface area contributed by atoms with Crippen molar-refractivity contribution >= 4 is 20.0 Å². The Bertz CT molecular complexity index is 12.0. The van der Waals surface area contributed by atoms with E-state index in [9.17, 15) is 0 Å². The zero-order valence-corrected chi connectivity index (χ0v) is 5.06. The van der Waals surface area contributed by atoms with Gasteiger partial charge in [0, 0.05) is 0 Å². The van der Waals surface area contributed by atoms with E-state index in [1.165, 1.54) is 0 Å². The average molecular weight is 92.2 g/mol. The summed E-state index contributed by atoms with van der Waals surface area (Å²) in [6.45, 7) is 0. The van der Waals surface area contributed by atoms with Crippen molar-refractivity contribution in [3.8, 4) is 0 Å². The average Bonchev–Trinajstić information content (AvgIpc) is 0.722. The largest absolute Gasteiger partial charge is 0.425 e. The topological polar surface area (TPSA) is 18.5 Å². The summed E-state index contributed by atoms with van der Waals surface area (Å²) in [5.74, 6) is 0. The molecule has 0 atom stereocenters. The van der Waals surface area contributed by atoms with Crippen LogP contribution in [-0.2, 0) is 8.23 Å². The van der Waals surface area contributed by atoms with Gasteiger partial charge in [-0.3, -0.25) is 0 Å². The highest BCUT2D eigenvalue weighted by Crippen LogP contribution is 1.78. The van der Waals surface area contributed by atoms with Crippen molar-refractivity contribution in [2.75, 3.05) is 0 Å². The minimum absolute atomic E-state index is 0.333. The van der Waals surface area contributed by atoms with E-state index in [1.807, 2.05) is 0 Å². The van der Waals surface area contributed by atoms with Crippen LogP contribution in [0.1, 0.15) is 0 Å². The molecule has 1 saturated heterocycles. The highest BCUT2D eigenvalue weighted by Gasteiger charge is 1.96. The Hall–Kier alpha value is 0.354. The van der Waals surface area contributed by atoms with Crippen molar-refractivity contribution in [1.82, 2.24) is 0 Å². The summed E-state index contributed by atoms with van der Waals surface area (Å²) < 4.78 is 9.56. The second-order valence-corrected chi connectivity index (χ2v) is 4.38. The summed E-state index contributed by atoms with van der Waals surface area (Å²) in [5, 5.41) is 0. The van der Waals surface area contributed by atoms with E-state index in [-0.39, 0.29) is 20.0 Å². The minimum Gasteiger partial charge on any atom is -0.425 e. The Morgan fingerprint density at radius 2 is 1.25 bits per heavy atom. The molecule has 2 nitrogen and oxygen atoms in total. The van der Waals surface area contributed by atoms with Crippen molar-refractivity contribution < 1.29 is 8.23 Å². The van der Waals surface area contributed by atoms with Crippen LogP contribution in [0, 0.1) is 0 Å². The van der Waals surface area contributed by atoms with Gasteiger partial charge in [-0.05, 0) is 0 Å². The third kappa shape index (κ3) is 0.228. The van der Waals surface area contributed by atoms with Gasteiger partial charge in [0.2, 0.25) is 0 Å². The molecule has 1 aliphatic rings. The smallest absolute Gasteiger partial charge is 0.286 e. The predicted octanol–water partition coefficient (Wildman–Crippen LogP) is -1.97. The molecule has 0 saturated carbocycles. The van der Waals surface area contributed by atoms with Gasteiger partial charge in [0.1, 0.15) is 0 Å². The zero-order valence-electron chi connectivity index (χ0n) is 2.23. The summed E-state index contributed by atoms with van der Waals surface area (Å²) >= 11 is 0. The molecule has 1 aliphatic heterocycles. The molecule has 1 heterocycles. The van der Waals surface area contributed by atoms with E-state index < -0.39 is 0 Å². The number of hydrogen-bond acceptors (Lipinski definition) is 2. The van der Waals surface area contributed by atoms with Crippen molar-refractivity contribution in [3.05, 3.63) is 0 Å². The molecule has 0 radical (unpaired) electrons. The first kappa shape index (κ1) is 2.58. The molecule has 0 bridgehead atoms. The molecule has 24 valence electrons. The molecule has 0 amide bonds. The minimum atomic E-state index is -0.333. The lowest BCUT2D eigenvalue weighted by molar-refractivity contribution is 0.346. The third-order valence-electron chi connectivity index (χ3n) is 0.333. The maximum atomic E-state index is 4.78. The first-order chi connectivity index (χ1) is 2.00. The third-order valence-corrected chi connectivity index (χ3v) is 3.00. The standard InChI is InChI=1S/H4O2Si2/c1-3-2-4-1/h3-4H2. The summed E-state index contributed by atoms with van der Waals surface area (Å²) in [5.41, 5.74) is 0. The van der Waals surface area contributed by atoms with Crippen LogP contribution in [0.3, 0.4) is 0 Å². The Labute approximate surface area is 29.2 Å². The molecule has 0 aromatic rings. The highest BCUT2D eigenvalue weighted by atomic mass is 28.4. The van der Waals surface area contributed by atoms with E-state index in [2.05, 4.69) is 0 Å². The van der Waals surface area contributed by atoms with Gasteiger partial charge in [-0.25, -0.2) is 0 Å². The van der Waals surface area contributed by atoms with Gasteiger partial charge in [0.25, 0.3) is 20.0 Å². The van der Waals surface area contributed by atoms with Gasteiger partial charge in [0.05, 0.1) is 0 Å². The summed E-state index contributed by atoms with van der Waals surface area (Å²) in [4.78, 5) is 0. The lowest BCUT2D eigenvalue weighted by Gasteiger charge is -2.10. The highest BCUT2D eigenvalue weighted by molar-refractivity contribution is 6.49. The molecule has 0 aliphatic carbocycles. The molecule has 0 aromatic carbocycles. The molecule has 1 rings (SSSR count). The number of rotatable bonds is 0. The van der Waals surface area contributed by atoms with Crippen LogP contribution in [0.25, 0.3) is 0 Å². The molecule has 0 N–H and O–H groups in total. The van der Waals surface area contributed by atoms with Crippen LogP contribution >= 0.6 is 0 Å². The van der Waals surface area contributed by atoms with Crippen molar-refractivity contribution in [2.24, 2.45) is 0 Å². The Morgan fingerprint density at radius 3 is 1.25 bits per heavy atom. The fraction of sp³-hybridized carbons (Fsp3) is 0. The molecule has 0 unspecified atom stereocenters. The van der Waals surface area contributed by atoms with Gasteiger partial charge in [-0.2, -0.15) is 0 Å². The lowest BCUT2D eigenvalue weighted by atomic mass is 15.7. The Kier molecular flexibility index (Phi) is 0.633. The molecular weight excluding hydrogens is 88.2 g/mol. The van der Waals surface area contributed by atoms with E-state index in [0.29, 0.717) is 0 Å². The van der Waals surface area contributed by atoms with Gasteiger partial charge < -0.3 is 8.23 Å². The van der Waals surface area contributed by atoms with Gasteiger partial charge >= 0.3 is 0 Å². The summed E-state index contributed by atoms with van der Waals surface area (Å²) in [7, 11) is -0.667. The Morgan fingerprint density at radius 1 is 1.00 bits per heavy atom. The van der Waals surface area contributed by atoms with E-state index in [0.717, 1.165) is 0 Å². The molecule has 4 heavy (non-hydrogen) atoms. The summed E-state index contributed by atoms with van der Waals surface area (Å²) in [6, 6.07) is 0. The van der Waals surface area contributed by atoms with E-state index in [1.54, 1.807) is 0 Å². The van der Waals surface area contributed by atoms with Crippen LogP contribution < -0.4 is 0 Å². The fourth-order valence-electron chi connectivity index (χ4n) is 0.0833. The van der Waals surface area contributed by atoms with Gasteiger partial charge in [-0.1, -0.05) is 0 Å². The SMILES string of the molecule is O1[SiH2]O[SiH2]1. The Balaban J connectivity index is 2.00. The van der Waals surface area contributed by atoms with Crippen LogP contribution in [0.5, 0.6) is 0 Å². The fourth-order valence-corrected chi connectivity index (χ4v) is 0.750. The van der Waals surface area contributed by atoms with Crippen LogP contribution in [0.15, 0.2) is 0 Å². The second kappa shape index (κ2) is 0.980. The van der Waals surface area contributed by atoms with E-state index >= 15 is 0 Å². The second-order valence-electron chi connectivity index (χ2n) is 0.644. The number of hydrogen-bond donors (Lipinski definition) is 0. The van der Waals surface area contributed by atoms with Crippen molar-refractivity contribution in [1.29, 1.82) is 0 Å². The quantitative estimate of drug-likeness (QED) is 0.323. The van der Waals surface area contributed by atoms with Gasteiger partial charge in [-0.15, -0.1) is 0 Å².